The molecule has 5 nitrogen and oxygen atoms in total. The summed E-state index contributed by atoms with van der Waals surface area (Å²) in [6, 6.07) is 0. The van der Waals surface area contributed by atoms with Gasteiger partial charge >= 0.3 is 5.97 Å². The number of aromatic nitrogens is 2. The number of rotatable bonds is 7. The molecule has 0 N–H and O–H groups in total. The number of carbonyl (C=O) groups excluding carboxylic acids is 1. The number of hydrogen-bond donors (Lipinski definition) is 0. The van der Waals surface area contributed by atoms with Crippen molar-refractivity contribution in [2.45, 2.75) is 20.6 Å². The minimum Gasteiger partial charge on any atom is -0.460 e. The molecular weight excluding hydrogens is 355 g/mol. The van der Waals surface area contributed by atoms with Gasteiger partial charge in [0.15, 0.2) is 0 Å². The minimum absolute atomic E-state index is 0.298. The van der Waals surface area contributed by atoms with Crippen LogP contribution in [0.25, 0.3) is 0 Å². The van der Waals surface area contributed by atoms with Crippen molar-refractivity contribution in [1.29, 1.82) is 0 Å². The molecule has 0 aliphatic carbocycles. The van der Waals surface area contributed by atoms with Crippen molar-refractivity contribution in [3.63, 3.8) is 0 Å². The van der Waals surface area contributed by atoms with E-state index in [0.29, 0.717) is 25.8 Å². The Morgan fingerprint density at radius 1 is 1.65 bits per heavy atom. The van der Waals surface area contributed by atoms with Crippen LogP contribution in [0.3, 0.4) is 0 Å². The zero-order chi connectivity index (χ0) is 12.7. The number of esters is 1. The molecule has 0 aliphatic rings. The van der Waals surface area contributed by atoms with Crippen molar-refractivity contribution >= 4 is 36.1 Å². The Morgan fingerprint density at radius 2 is 2.41 bits per heavy atom. The maximum Gasteiger partial charge on any atom is 0.374 e. The number of nitrogens with zero attached hydrogens (tertiary/aromatic N) is 2. The number of halogens is 1. The molecule has 0 spiro atoms. The lowest BCUT2D eigenvalue weighted by Gasteiger charge is -2.09. The fourth-order valence-electron chi connectivity index (χ4n) is 1.23. The molecule has 1 heterocycles. The Kier molecular flexibility index (Phi) is 6.90. The van der Waals surface area contributed by atoms with Crippen LogP contribution < -0.4 is 0 Å². The van der Waals surface area contributed by atoms with Crippen molar-refractivity contribution in [2.24, 2.45) is 0 Å². The van der Waals surface area contributed by atoms with Crippen LogP contribution in [0.5, 0.6) is 0 Å². The van der Waals surface area contributed by atoms with E-state index in [1.165, 1.54) is 0 Å². The summed E-state index contributed by atoms with van der Waals surface area (Å²) in [4.78, 5) is 15.6. The summed E-state index contributed by atoms with van der Waals surface area (Å²) in [5.41, 5.74) is 0.884. The molecule has 0 atom stereocenters. The predicted molar refractivity (Wildman–Crippen MR) is 75.4 cm³/mol. The second-order valence-corrected chi connectivity index (χ2v) is 5.72. The van der Waals surface area contributed by atoms with Gasteiger partial charge in [0.05, 0.1) is 13.2 Å². The quantitative estimate of drug-likeness (QED) is 0.419. The van der Waals surface area contributed by atoms with Crippen LogP contribution in [-0.2, 0) is 16.2 Å². The Labute approximate surface area is 117 Å². The average Bonchev–Trinajstić information content (AvgIpc) is 2.67. The topological polar surface area (TPSA) is 53.3 Å². The lowest BCUT2D eigenvalue weighted by atomic mass is 10.5. The highest BCUT2D eigenvalue weighted by atomic mass is 127. The highest BCUT2D eigenvalue weighted by Gasteiger charge is 2.16. The van der Waals surface area contributed by atoms with E-state index < -0.39 is 5.97 Å². The van der Waals surface area contributed by atoms with Gasteiger partial charge in [0, 0.05) is 17.6 Å². The van der Waals surface area contributed by atoms with E-state index in [0.717, 1.165) is 11.4 Å². The molecule has 0 amide bonds. The molecule has 1 aromatic heterocycles. The fraction of sp³-hybridized carbons (Fsp3) is 0.600. The first-order valence-electron chi connectivity index (χ1n) is 5.21. The van der Waals surface area contributed by atoms with Crippen molar-refractivity contribution in [3.8, 4) is 0 Å². The molecule has 0 saturated carbocycles. The third-order valence-corrected chi connectivity index (χ3v) is 3.68. The van der Waals surface area contributed by atoms with Crippen LogP contribution in [0.1, 0.15) is 23.2 Å². The van der Waals surface area contributed by atoms with E-state index in [-0.39, 0.29) is 0 Å². The first-order chi connectivity index (χ1) is 8.20. The van der Waals surface area contributed by atoms with Crippen molar-refractivity contribution in [1.82, 2.24) is 9.55 Å². The molecular formula is C10H15IN2O3S. The monoisotopic (exact) mass is 370 g/mol. The molecule has 1 rings (SSSR count). The van der Waals surface area contributed by atoms with Crippen LogP contribution in [0.4, 0.5) is 0 Å². The van der Waals surface area contributed by atoms with Gasteiger partial charge in [-0.1, -0.05) is 8.93 Å². The summed E-state index contributed by atoms with van der Waals surface area (Å²) in [6.07, 6.45) is 1.64. The maximum atomic E-state index is 11.6. The van der Waals surface area contributed by atoms with Gasteiger partial charge in [-0.3, -0.25) is 4.57 Å². The number of aryl methyl sites for hydroxylation is 1. The number of carbonyl (C=O) groups is 1. The van der Waals surface area contributed by atoms with Crippen LogP contribution in [0.15, 0.2) is 6.20 Å². The summed E-state index contributed by atoms with van der Waals surface area (Å²) < 4.78 is 12.1. The zero-order valence-corrected chi connectivity index (χ0v) is 12.8. The molecule has 0 aromatic carbocycles. The Morgan fingerprint density at radius 3 is 3.06 bits per heavy atom. The number of ether oxygens (including phenoxy) is 2. The highest BCUT2D eigenvalue weighted by Crippen LogP contribution is 2.10. The van der Waals surface area contributed by atoms with Crippen LogP contribution in [0, 0.1) is 6.92 Å². The predicted octanol–water partition coefficient (Wildman–Crippen LogP) is 2.43. The minimum atomic E-state index is -0.410. The number of hydrogen-bond acceptors (Lipinski definition) is 5. The van der Waals surface area contributed by atoms with E-state index >= 15 is 0 Å². The smallest absolute Gasteiger partial charge is 0.374 e. The van der Waals surface area contributed by atoms with Crippen molar-refractivity contribution in [3.05, 3.63) is 17.7 Å². The molecule has 0 radical (unpaired) electrons. The van der Waals surface area contributed by atoms with Gasteiger partial charge in [-0.15, -0.1) is 0 Å². The van der Waals surface area contributed by atoms with Gasteiger partial charge in [-0.2, -0.15) is 0 Å². The molecule has 0 aliphatic heterocycles. The van der Waals surface area contributed by atoms with E-state index in [1.807, 2.05) is 6.92 Å². The Bertz CT molecular complexity index is 370. The molecule has 7 heteroatoms. The molecule has 0 unspecified atom stereocenters. The third kappa shape index (κ3) is 4.47. The van der Waals surface area contributed by atoms with Gasteiger partial charge < -0.3 is 9.47 Å². The standard InChI is InChI=1S/C10H15IN2O3S/c1-3-16-10(14)9-12-6-8(2)13(9)7-15-4-5-17-11/h6H,3-5,7H2,1-2H3. The van der Waals surface area contributed by atoms with Crippen LogP contribution >= 0.6 is 30.1 Å². The van der Waals surface area contributed by atoms with Crippen molar-refractivity contribution < 1.29 is 14.3 Å². The number of imidazole rings is 1. The lowest BCUT2D eigenvalue weighted by Crippen LogP contribution is -2.16. The van der Waals surface area contributed by atoms with Crippen LogP contribution in [-0.4, -0.2) is 34.5 Å². The summed E-state index contributed by atoms with van der Waals surface area (Å²) in [5.74, 6) is 0.808. The second kappa shape index (κ2) is 7.93. The normalized spacial score (nSPS) is 10.5. The lowest BCUT2D eigenvalue weighted by molar-refractivity contribution is 0.0464. The van der Waals surface area contributed by atoms with Gasteiger partial charge in [-0.25, -0.2) is 9.78 Å². The Hall–Kier alpha value is -0.280. The summed E-state index contributed by atoms with van der Waals surface area (Å²) >= 11 is 2.22. The summed E-state index contributed by atoms with van der Waals surface area (Å²) in [7, 11) is 1.69. The largest absolute Gasteiger partial charge is 0.460 e. The molecule has 17 heavy (non-hydrogen) atoms. The van der Waals surface area contributed by atoms with E-state index in [2.05, 4.69) is 26.2 Å². The third-order valence-electron chi connectivity index (χ3n) is 2.04. The van der Waals surface area contributed by atoms with Crippen molar-refractivity contribution in [2.75, 3.05) is 19.0 Å². The maximum absolute atomic E-state index is 11.6. The molecule has 0 saturated heterocycles. The van der Waals surface area contributed by atoms with Gasteiger partial charge in [-0.05, 0) is 35.1 Å². The zero-order valence-electron chi connectivity index (χ0n) is 9.81. The van der Waals surface area contributed by atoms with Crippen LogP contribution in [0.2, 0.25) is 0 Å². The first-order valence-corrected chi connectivity index (χ1v) is 8.74. The van der Waals surface area contributed by atoms with Gasteiger partial charge in [0.25, 0.3) is 0 Å². The second-order valence-electron chi connectivity index (χ2n) is 3.22. The first kappa shape index (κ1) is 14.8. The van der Waals surface area contributed by atoms with E-state index in [9.17, 15) is 4.79 Å². The van der Waals surface area contributed by atoms with Gasteiger partial charge in [0.2, 0.25) is 5.82 Å². The summed E-state index contributed by atoms with van der Waals surface area (Å²) in [5, 5.41) is 0. The van der Waals surface area contributed by atoms with Gasteiger partial charge in [0.1, 0.15) is 6.73 Å². The average molecular weight is 370 g/mol. The fourth-order valence-corrected chi connectivity index (χ4v) is 1.95. The SMILES string of the molecule is CCOC(=O)c1ncc(C)n1COCCSI. The molecule has 1 aromatic rings. The molecule has 0 fully saturated rings. The van der Waals surface area contributed by atoms with E-state index in [1.54, 1.807) is 26.6 Å². The molecule has 0 bridgehead atoms. The highest BCUT2D eigenvalue weighted by molar-refractivity contribution is 14.2. The Balaban J connectivity index is 2.63. The molecule has 96 valence electrons. The van der Waals surface area contributed by atoms with E-state index in [4.69, 9.17) is 9.47 Å². The summed E-state index contributed by atoms with van der Waals surface area (Å²) in [6.45, 7) is 4.97.